The van der Waals surface area contributed by atoms with Crippen molar-refractivity contribution in [3.63, 3.8) is 0 Å². The molecular formula is C15H24BrNO. The Hall–Kier alpha value is -0.380. The molecule has 0 aliphatic heterocycles. The fourth-order valence-electron chi connectivity index (χ4n) is 1.77. The maximum atomic E-state index is 10.2. The van der Waals surface area contributed by atoms with Crippen LogP contribution in [0.4, 0.5) is 0 Å². The zero-order valence-electron chi connectivity index (χ0n) is 11.8. The molecule has 1 atom stereocenters. The van der Waals surface area contributed by atoms with Gasteiger partial charge in [-0.1, -0.05) is 35.0 Å². The lowest BCUT2D eigenvalue weighted by Gasteiger charge is -2.35. The molecule has 1 rings (SSSR count). The van der Waals surface area contributed by atoms with Gasteiger partial charge in [0.25, 0.3) is 0 Å². The van der Waals surface area contributed by atoms with E-state index in [1.165, 1.54) is 0 Å². The highest BCUT2D eigenvalue weighted by Crippen LogP contribution is 2.23. The molecule has 0 amide bonds. The van der Waals surface area contributed by atoms with E-state index in [2.05, 4.69) is 48.6 Å². The molecule has 0 aliphatic carbocycles. The van der Waals surface area contributed by atoms with Crippen LogP contribution in [-0.2, 0) is 0 Å². The van der Waals surface area contributed by atoms with Gasteiger partial charge in [0.1, 0.15) is 0 Å². The van der Waals surface area contributed by atoms with Crippen molar-refractivity contribution in [2.24, 2.45) is 0 Å². The van der Waals surface area contributed by atoms with Gasteiger partial charge in [-0.3, -0.25) is 0 Å². The Bertz CT molecular complexity index is 379. The van der Waals surface area contributed by atoms with Crippen molar-refractivity contribution in [3.8, 4) is 0 Å². The van der Waals surface area contributed by atoms with Gasteiger partial charge in [-0.15, -0.1) is 0 Å². The van der Waals surface area contributed by atoms with Gasteiger partial charge < -0.3 is 10.0 Å². The van der Waals surface area contributed by atoms with Crippen LogP contribution in [0.2, 0.25) is 0 Å². The molecule has 1 aromatic rings. The summed E-state index contributed by atoms with van der Waals surface area (Å²) in [5, 5.41) is 10.2. The number of halogens is 1. The zero-order valence-corrected chi connectivity index (χ0v) is 13.4. The van der Waals surface area contributed by atoms with Crippen molar-refractivity contribution < 1.29 is 5.11 Å². The molecule has 2 nitrogen and oxygen atoms in total. The Balaban J connectivity index is 2.54. The minimum Gasteiger partial charge on any atom is -0.388 e. The summed E-state index contributed by atoms with van der Waals surface area (Å²) in [6.07, 6.45) is 1.48. The maximum Gasteiger partial charge on any atom is 0.0802 e. The zero-order chi connectivity index (χ0) is 13.8. The van der Waals surface area contributed by atoms with Crippen LogP contribution >= 0.6 is 15.9 Å². The summed E-state index contributed by atoms with van der Waals surface area (Å²) in [5.74, 6) is 0. The van der Waals surface area contributed by atoms with Gasteiger partial charge >= 0.3 is 0 Å². The van der Waals surface area contributed by atoms with Crippen molar-refractivity contribution in [2.75, 3.05) is 13.6 Å². The van der Waals surface area contributed by atoms with Crippen molar-refractivity contribution in [2.45, 2.75) is 45.3 Å². The van der Waals surface area contributed by atoms with Crippen LogP contribution in [0.15, 0.2) is 28.7 Å². The quantitative estimate of drug-likeness (QED) is 0.858. The van der Waals surface area contributed by atoms with Gasteiger partial charge in [0.2, 0.25) is 0 Å². The predicted octanol–water partition coefficient (Wildman–Crippen LogP) is 3.99. The molecule has 0 aromatic heterocycles. The molecule has 0 saturated heterocycles. The second-order valence-electron chi connectivity index (χ2n) is 5.45. The van der Waals surface area contributed by atoms with Crippen molar-refractivity contribution in [1.29, 1.82) is 0 Å². The molecule has 18 heavy (non-hydrogen) atoms. The van der Waals surface area contributed by atoms with Crippen LogP contribution in [0, 0.1) is 0 Å². The Morgan fingerprint density at radius 1 is 1.39 bits per heavy atom. The minimum atomic E-state index is -0.391. The molecule has 0 fully saturated rings. The largest absolute Gasteiger partial charge is 0.388 e. The highest BCUT2D eigenvalue weighted by atomic mass is 79.9. The van der Waals surface area contributed by atoms with E-state index in [0.29, 0.717) is 0 Å². The molecule has 1 N–H and O–H groups in total. The number of rotatable bonds is 6. The van der Waals surface area contributed by atoms with Gasteiger partial charge in [0.05, 0.1) is 6.10 Å². The molecule has 1 unspecified atom stereocenters. The van der Waals surface area contributed by atoms with Crippen molar-refractivity contribution >= 4 is 15.9 Å². The Morgan fingerprint density at radius 2 is 2.06 bits per heavy atom. The lowest BCUT2D eigenvalue weighted by Crippen LogP contribution is -2.41. The average Bonchev–Trinajstić information content (AvgIpc) is 2.35. The Kier molecular flexibility index (Phi) is 5.83. The number of aliphatic hydroxyl groups is 1. The number of hydrogen-bond acceptors (Lipinski definition) is 2. The number of hydrogen-bond donors (Lipinski definition) is 1. The first kappa shape index (κ1) is 15.7. The second-order valence-corrected chi connectivity index (χ2v) is 6.36. The van der Waals surface area contributed by atoms with Crippen LogP contribution in [0.3, 0.4) is 0 Å². The highest BCUT2D eigenvalue weighted by molar-refractivity contribution is 9.10. The fraction of sp³-hybridized carbons (Fsp3) is 0.600. The SMILES string of the molecule is CCC(C)(C)N(C)CCC(O)c1cccc(Br)c1. The van der Waals surface area contributed by atoms with E-state index >= 15 is 0 Å². The van der Waals surface area contributed by atoms with E-state index in [1.54, 1.807) is 0 Å². The molecule has 0 bridgehead atoms. The van der Waals surface area contributed by atoms with E-state index in [-0.39, 0.29) is 5.54 Å². The van der Waals surface area contributed by atoms with E-state index in [1.807, 2.05) is 24.3 Å². The Labute approximate surface area is 119 Å². The lowest BCUT2D eigenvalue weighted by molar-refractivity contribution is 0.105. The van der Waals surface area contributed by atoms with Gasteiger partial charge in [-0.2, -0.15) is 0 Å². The highest BCUT2D eigenvalue weighted by Gasteiger charge is 2.21. The van der Waals surface area contributed by atoms with Crippen molar-refractivity contribution in [3.05, 3.63) is 34.3 Å². The lowest BCUT2D eigenvalue weighted by atomic mass is 9.99. The minimum absolute atomic E-state index is 0.191. The molecule has 3 heteroatoms. The van der Waals surface area contributed by atoms with Gasteiger partial charge in [0.15, 0.2) is 0 Å². The standard InChI is InChI=1S/C15H24BrNO/c1-5-15(2,3)17(4)10-9-14(18)12-7-6-8-13(16)11-12/h6-8,11,14,18H,5,9-10H2,1-4H3. The van der Waals surface area contributed by atoms with Crippen molar-refractivity contribution in [1.82, 2.24) is 4.90 Å². The molecule has 0 spiro atoms. The first-order valence-corrected chi connectivity index (χ1v) is 7.31. The second kappa shape index (κ2) is 6.69. The van der Waals surface area contributed by atoms with Gasteiger partial charge in [-0.25, -0.2) is 0 Å². The summed E-state index contributed by atoms with van der Waals surface area (Å²) in [6, 6.07) is 7.89. The third-order valence-electron chi connectivity index (χ3n) is 3.87. The fourth-order valence-corrected chi connectivity index (χ4v) is 2.19. The summed E-state index contributed by atoms with van der Waals surface area (Å²) in [7, 11) is 2.12. The van der Waals surface area contributed by atoms with Crippen LogP contribution in [0.25, 0.3) is 0 Å². The van der Waals surface area contributed by atoms with Gasteiger partial charge in [0, 0.05) is 16.6 Å². The first-order chi connectivity index (χ1) is 8.36. The summed E-state index contributed by atoms with van der Waals surface area (Å²) in [4.78, 5) is 2.31. The molecule has 0 aliphatic rings. The number of benzene rings is 1. The van der Waals surface area contributed by atoms with E-state index in [9.17, 15) is 5.11 Å². The predicted molar refractivity (Wildman–Crippen MR) is 80.7 cm³/mol. The third-order valence-corrected chi connectivity index (χ3v) is 4.36. The Morgan fingerprint density at radius 3 is 2.61 bits per heavy atom. The number of nitrogens with zero attached hydrogens (tertiary/aromatic N) is 1. The van der Waals surface area contributed by atoms with E-state index in [4.69, 9.17) is 0 Å². The maximum absolute atomic E-state index is 10.2. The third kappa shape index (κ3) is 4.38. The van der Waals surface area contributed by atoms with Crippen LogP contribution in [-0.4, -0.2) is 29.1 Å². The average molecular weight is 314 g/mol. The molecule has 102 valence electrons. The molecular weight excluding hydrogens is 290 g/mol. The first-order valence-electron chi connectivity index (χ1n) is 6.51. The number of aliphatic hydroxyl groups excluding tert-OH is 1. The summed E-state index contributed by atoms with van der Waals surface area (Å²) < 4.78 is 1.02. The monoisotopic (exact) mass is 313 g/mol. The molecule has 0 saturated carbocycles. The van der Waals surface area contributed by atoms with E-state index in [0.717, 1.165) is 29.4 Å². The topological polar surface area (TPSA) is 23.5 Å². The summed E-state index contributed by atoms with van der Waals surface area (Å²) in [6.45, 7) is 7.56. The molecule has 1 aromatic carbocycles. The van der Waals surface area contributed by atoms with Gasteiger partial charge in [-0.05, 0) is 51.4 Å². The molecule has 0 radical (unpaired) electrons. The summed E-state index contributed by atoms with van der Waals surface area (Å²) in [5.41, 5.74) is 1.17. The smallest absolute Gasteiger partial charge is 0.0802 e. The van der Waals surface area contributed by atoms with Crippen LogP contribution in [0.5, 0.6) is 0 Å². The van der Waals surface area contributed by atoms with Crippen LogP contribution in [0.1, 0.15) is 45.3 Å². The van der Waals surface area contributed by atoms with Crippen LogP contribution < -0.4 is 0 Å². The normalized spacial score (nSPS) is 13.9. The molecule has 0 heterocycles. The van der Waals surface area contributed by atoms with E-state index < -0.39 is 6.10 Å². The summed E-state index contributed by atoms with van der Waals surface area (Å²) >= 11 is 3.43.